The number of hydrogen-bond acceptors (Lipinski definition) is 3. The van der Waals surface area contributed by atoms with Crippen molar-refractivity contribution in [2.75, 3.05) is 0 Å². The van der Waals surface area contributed by atoms with Crippen molar-refractivity contribution in [1.82, 2.24) is 9.55 Å². The van der Waals surface area contributed by atoms with Crippen LogP contribution in [-0.4, -0.2) is 14.7 Å². The second kappa shape index (κ2) is 4.94. The van der Waals surface area contributed by atoms with Gasteiger partial charge in [-0.05, 0) is 26.7 Å². The number of imidazole rings is 1. The molecule has 0 amide bonds. The predicted molar refractivity (Wildman–Crippen MR) is 56.8 cm³/mol. The van der Waals surface area contributed by atoms with Crippen LogP contribution in [0.25, 0.3) is 0 Å². The van der Waals surface area contributed by atoms with E-state index < -0.39 is 0 Å². The Labute approximate surface area is 90.2 Å². The van der Waals surface area contributed by atoms with E-state index in [0.717, 1.165) is 19.4 Å². The van der Waals surface area contributed by atoms with Gasteiger partial charge in [-0.2, -0.15) is 5.26 Å². The first-order chi connectivity index (χ1) is 7.09. The minimum absolute atomic E-state index is 0.0331. The molecule has 15 heavy (non-hydrogen) atoms. The van der Waals surface area contributed by atoms with Gasteiger partial charge in [-0.15, -0.1) is 0 Å². The molecule has 0 aliphatic heterocycles. The normalized spacial score (nSPS) is 11.3. The predicted octanol–water partition coefficient (Wildman–Crippen LogP) is 1.71. The van der Waals surface area contributed by atoms with Crippen LogP contribution in [0.1, 0.15) is 32.5 Å². The summed E-state index contributed by atoms with van der Waals surface area (Å²) in [6.07, 6.45) is 5.31. The van der Waals surface area contributed by atoms with Gasteiger partial charge in [0.15, 0.2) is 0 Å². The minimum Gasteiger partial charge on any atom is -0.388 e. The Hall–Kier alpha value is -1.34. The molecule has 0 aliphatic rings. The zero-order valence-corrected chi connectivity index (χ0v) is 9.27. The largest absolute Gasteiger partial charge is 0.388 e. The van der Waals surface area contributed by atoms with Gasteiger partial charge in [0.2, 0.25) is 0 Å². The van der Waals surface area contributed by atoms with Crippen LogP contribution in [0.5, 0.6) is 0 Å². The van der Waals surface area contributed by atoms with E-state index in [1.54, 1.807) is 6.20 Å². The summed E-state index contributed by atoms with van der Waals surface area (Å²) in [7, 11) is 0. The van der Waals surface area contributed by atoms with E-state index >= 15 is 0 Å². The highest BCUT2D eigenvalue weighted by Crippen LogP contribution is 2.21. The molecule has 0 unspecified atom stereocenters. The van der Waals surface area contributed by atoms with Crippen LogP contribution >= 0.6 is 0 Å². The number of hydrogen-bond donors (Lipinski definition) is 1. The van der Waals surface area contributed by atoms with Crippen molar-refractivity contribution in [1.29, 1.82) is 5.26 Å². The van der Waals surface area contributed by atoms with E-state index in [1.807, 2.05) is 24.6 Å². The van der Waals surface area contributed by atoms with Crippen LogP contribution < -0.4 is 0 Å². The first-order valence-corrected chi connectivity index (χ1v) is 5.11. The summed E-state index contributed by atoms with van der Waals surface area (Å²) in [5, 5.41) is 17.8. The third-order valence-corrected chi connectivity index (χ3v) is 2.45. The van der Waals surface area contributed by atoms with Gasteiger partial charge in [0.05, 0.1) is 11.5 Å². The van der Waals surface area contributed by atoms with Crippen LogP contribution in [-0.2, 0) is 13.2 Å². The van der Waals surface area contributed by atoms with Crippen molar-refractivity contribution in [3.05, 3.63) is 18.2 Å². The molecule has 0 saturated heterocycles. The van der Waals surface area contributed by atoms with E-state index in [0.29, 0.717) is 5.82 Å². The highest BCUT2D eigenvalue weighted by Gasteiger charge is 2.15. The van der Waals surface area contributed by atoms with Crippen molar-refractivity contribution in [2.24, 2.45) is 5.41 Å². The van der Waals surface area contributed by atoms with Crippen LogP contribution in [0.2, 0.25) is 0 Å². The third kappa shape index (κ3) is 3.37. The van der Waals surface area contributed by atoms with Crippen LogP contribution in [0.4, 0.5) is 0 Å². The lowest BCUT2D eigenvalue weighted by molar-refractivity contribution is 0.263. The Morgan fingerprint density at radius 2 is 2.33 bits per heavy atom. The molecule has 0 fully saturated rings. The molecule has 0 aromatic carbocycles. The summed E-state index contributed by atoms with van der Waals surface area (Å²) in [4.78, 5) is 4.02. The van der Waals surface area contributed by atoms with Crippen molar-refractivity contribution >= 4 is 0 Å². The molecular weight excluding hydrogens is 190 g/mol. The number of nitriles is 1. The topological polar surface area (TPSA) is 61.8 Å². The summed E-state index contributed by atoms with van der Waals surface area (Å²) in [5.74, 6) is 0.685. The molecule has 0 atom stereocenters. The lowest BCUT2D eigenvalue weighted by atomic mass is 9.90. The first kappa shape index (κ1) is 11.7. The number of rotatable bonds is 5. The number of nitrogens with zero attached hydrogens (tertiary/aromatic N) is 3. The van der Waals surface area contributed by atoms with Gasteiger partial charge < -0.3 is 9.67 Å². The molecule has 1 aromatic heterocycles. The SMILES string of the molecule is CC(C)(C#N)CCCn1ccnc1CO. The lowest BCUT2D eigenvalue weighted by Crippen LogP contribution is -2.10. The zero-order valence-electron chi connectivity index (χ0n) is 9.27. The van der Waals surface area contributed by atoms with Crippen molar-refractivity contribution in [3.63, 3.8) is 0 Å². The molecule has 0 aliphatic carbocycles. The lowest BCUT2D eigenvalue weighted by Gasteiger charge is -2.15. The third-order valence-electron chi connectivity index (χ3n) is 2.45. The highest BCUT2D eigenvalue weighted by molar-refractivity contribution is 4.93. The maximum absolute atomic E-state index is 8.98. The molecular formula is C11H17N3O. The Bertz CT molecular complexity index is 349. The summed E-state index contributed by atoms with van der Waals surface area (Å²) in [6.45, 7) is 4.65. The molecule has 0 radical (unpaired) electrons. The Morgan fingerprint density at radius 1 is 1.60 bits per heavy atom. The fourth-order valence-electron chi connectivity index (χ4n) is 1.44. The molecule has 82 valence electrons. The molecule has 4 heteroatoms. The van der Waals surface area contributed by atoms with Crippen molar-refractivity contribution in [2.45, 2.75) is 39.8 Å². The fraction of sp³-hybridized carbons (Fsp3) is 0.636. The second-order valence-electron chi connectivity index (χ2n) is 4.29. The standard InChI is InChI=1S/C11H17N3O/c1-11(2,9-12)4-3-6-14-7-5-13-10(14)8-15/h5,7,15H,3-4,6,8H2,1-2H3. The Morgan fingerprint density at radius 3 is 2.93 bits per heavy atom. The highest BCUT2D eigenvalue weighted by atomic mass is 16.3. The molecule has 1 heterocycles. The van der Waals surface area contributed by atoms with Gasteiger partial charge in [0.1, 0.15) is 12.4 Å². The van der Waals surface area contributed by atoms with E-state index in [9.17, 15) is 0 Å². The van der Waals surface area contributed by atoms with E-state index in [2.05, 4.69) is 11.1 Å². The number of aromatic nitrogens is 2. The number of aryl methyl sites for hydroxylation is 1. The monoisotopic (exact) mass is 207 g/mol. The molecule has 1 N–H and O–H groups in total. The van der Waals surface area contributed by atoms with Gasteiger partial charge in [-0.25, -0.2) is 4.98 Å². The van der Waals surface area contributed by atoms with Gasteiger partial charge in [-0.3, -0.25) is 0 Å². The summed E-state index contributed by atoms with van der Waals surface area (Å²) in [5.41, 5.74) is -0.264. The van der Waals surface area contributed by atoms with Crippen LogP contribution in [0.15, 0.2) is 12.4 Å². The van der Waals surface area contributed by atoms with E-state index in [-0.39, 0.29) is 12.0 Å². The van der Waals surface area contributed by atoms with Crippen LogP contribution in [0, 0.1) is 16.7 Å². The molecule has 1 rings (SSSR count). The van der Waals surface area contributed by atoms with Crippen molar-refractivity contribution in [3.8, 4) is 6.07 Å². The minimum atomic E-state index is -0.264. The van der Waals surface area contributed by atoms with Gasteiger partial charge in [-0.1, -0.05) is 0 Å². The first-order valence-electron chi connectivity index (χ1n) is 5.11. The molecule has 0 saturated carbocycles. The van der Waals surface area contributed by atoms with Crippen LogP contribution in [0.3, 0.4) is 0 Å². The van der Waals surface area contributed by atoms with E-state index in [4.69, 9.17) is 10.4 Å². The van der Waals surface area contributed by atoms with Gasteiger partial charge in [0.25, 0.3) is 0 Å². The Kier molecular flexibility index (Phi) is 3.87. The average molecular weight is 207 g/mol. The molecule has 0 spiro atoms. The maximum Gasteiger partial charge on any atom is 0.134 e. The smallest absolute Gasteiger partial charge is 0.134 e. The molecule has 4 nitrogen and oxygen atoms in total. The van der Waals surface area contributed by atoms with Gasteiger partial charge >= 0.3 is 0 Å². The number of aliphatic hydroxyl groups excluding tert-OH is 1. The summed E-state index contributed by atoms with van der Waals surface area (Å²) >= 11 is 0. The summed E-state index contributed by atoms with van der Waals surface area (Å²) < 4.78 is 1.92. The fourth-order valence-corrected chi connectivity index (χ4v) is 1.44. The van der Waals surface area contributed by atoms with Gasteiger partial charge in [0, 0.05) is 18.9 Å². The summed E-state index contributed by atoms with van der Waals surface area (Å²) in [6, 6.07) is 2.28. The van der Waals surface area contributed by atoms with Crippen molar-refractivity contribution < 1.29 is 5.11 Å². The average Bonchev–Trinajstić information content (AvgIpc) is 2.65. The molecule has 1 aromatic rings. The Balaban J connectivity index is 2.42. The van der Waals surface area contributed by atoms with E-state index in [1.165, 1.54) is 0 Å². The molecule has 0 bridgehead atoms. The second-order valence-corrected chi connectivity index (χ2v) is 4.29. The number of aliphatic hydroxyl groups is 1. The maximum atomic E-state index is 8.98. The zero-order chi connectivity index (χ0) is 11.3. The quantitative estimate of drug-likeness (QED) is 0.799.